The average molecular weight is 436 g/mol. The minimum Gasteiger partial charge on any atom is -0.505 e. The SMILES string of the molecule is O=C(/C=C(/C=C/c1cc2ccccc2s1)OB(F)F)/C=C/c1cc2ccccc2s1. The van der Waals surface area contributed by atoms with Crippen LogP contribution in [0.15, 0.2) is 84.7 Å². The number of rotatable bonds is 7. The van der Waals surface area contributed by atoms with Crippen molar-refractivity contribution in [2.24, 2.45) is 0 Å². The molecule has 0 fully saturated rings. The van der Waals surface area contributed by atoms with Crippen LogP contribution >= 0.6 is 22.7 Å². The van der Waals surface area contributed by atoms with E-state index in [2.05, 4.69) is 4.65 Å². The molecule has 0 radical (unpaired) electrons. The summed E-state index contributed by atoms with van der Waals surface area (Å²) in [6, 6.07) is 19.7. The molecule has 0 unspecified atom stereocenters. The van der Waals surface area contributed by atoms with Crippen LogP contribution in [0.1, 0.15) is 9.75 Å². The van der Waals surface area contributed by atoms with Gasteiger partial charge in [-0.25, -0.2) is 8.63 Å². The average Bonchev–Trinajstić information content (AvgIpc) is 3.33. The summed E-state index contributed by atoms with van der Waals surface area (Å²) in [6.07, 6.45) is 7.16. The molecule has 0 N–H and O–H groups in total. The van der Waals surface area contributed by atoms with Gasteiger partial charge in [-0.15, -0.1) is 22.7 Å². The topological polar surface area (TPSA) is 26.3 Å². The number of allylic oxidation sites excluding steroid dienone is 3. The van der Waals surface area contributed by atoms with Gasteiger partial charge >= 0.3 is 7.47 Å². The maximum atomic E-state index is 12.8. The minimum atomic E-state index is -3.01. The van der Waals surface area contributed by atoms with E-state index in [1.165, 1.54) is 23.5 Å². The number of ketones is 1. The van der Waals surface area contributed by atoms with Crippen molar-refractivity contribution in [2.75, 3.05) is 0 Å². The Kier molecular flexibility index (Phi) is 6.21. The molecule has 0 aliphatic rings. The Morgan fingerprint density at radius 3 is 1.90 bits per heavy atom. The molecule has 0 aliphatic carbocycles. The Labute approximate surface area is 180 Å². The fraction of sp³-hybridized carbons (Fsp3) is 0. The van der Waals surface area contributed by atoms with E-state index in [9.17, 15) is 13.4 Å². The lowest BCUT2D eigenvalue weighted by atomic mass is 10.2. The number of carbonyl (C=O) groups excluding carboxylic acids is 1. The number of hydrogen-bond acceptors (Lipinski definition) is 4. The second-order valence-corrected chi connectivity index (χ2v) is 8.60. The third kappa shape index (κ3) is 5.12. The van der Waals surface area contributed by atoms with Crippen LogP contribution in [-0.2, 0) is 9.45 Å². The van der Waals surface area contributed by atoms with E-state index in [0.29, 0.717) is 0 Å². The summed E-state index contributed by atoms with van der Waals surface area (Å²) in [5.74, 6) is -0.613. The summed E-state index contributed by atoms with van der Waals surface area (Å²) < 4.78 is 32.3. The molecular weight excluding hydrogens is 421 g/mol. The summed E-state index contributed by atoms with van der Waals surface area (Å²) >= 11 is 3.09. The van der Waals surface area contributed by atoms with Crippen LogP contribution in [0.5, 0.6) is 0 Å². The largest absolute Gasteiger partial charge is 0.796 e. The highest BCUT2D eigenvalue weighted by molar-refractivity contribution is 7.20. The van der Waals surface area contributed by atoms with Gasteiger partial charge in [0.05, 0.1) is 0 Å². The number of carbonyl (C=O) groups is 1. The van der Waals surface area contributed by atoms with Gasteiger partial charge in [-0.2, -0.15) is 0 Å². The highest BCUT2D eigenvalue weighted by Crippen LogP contribution is 2.27. The fourth-order valence-electron chi connectivity index (χ4n) is 2.91. The molecule has 30 heavy (non-hydrogen) atoms. The summed E-state index contributed by atoms with van der Waals surface area (Å²) in [4.78, 5) is 14.1. The molecule has 0 aliphatic heterocycles. The van der Waals surface area contributed by atoms with Crippen molar-refractivity contribution < 1.29 is 18.1 Å². The lowest BCUT2D eigenvalue weighted by Crippen LogP contribution is -2.04. The zero-order valence-corrected chi connectivity index (χ0v) is 17.3. The molecule has 0 saturated heterocycles. The summed E-state index contributed by atoms with van der Waals surface area (Å²) in [7, 11) is -3.01. The predicted octanol–water partition coefficient (Wildman–Crippen LogP) is 7.24. The third-order valence-corrected chi connectivity index (χ3v) is 6.39. The van der Waals surface area contributed by atoms with Gasteiger partial charge < -0.3 is 4.65 Å². The standard InChI is InChI=1S/C23H15BF2O2S2/c25-24(26)28-19(10-12-21-14-17-6-2-4-8-23(17)30-21)15-18(27)9-11-20-13-16-5-1-3-7-22(16)29-20/h1-15H/b11-9+,12-10+,19-15-. The Morgan fingerprint density at radius 1 is 0.833 bits per heavy atom. The lowest BCUT2D eigenvalue weighted by molar-refractivity contribution is -0.110. The van der Waals surface area contributed by atoms with Gasteiger partial charge in [-0.3, -0.25) is 4.79 Å². The molecule has 0 bridgehead atoms. The number of halogens is 2. The molecule has 2 aromatic carbocycles. The van der Waals surface area contributed by atoms with Crippen molar-refractivity contribution in [3.63, 3.8) is 0 Å². The molecule has 0 atom stereocenters. The van der Waals surface area contributed by atoms with Gasteiger partial charge in [0.2, 0.25) is 0 Å². The molecule has 0 saturated carbocycles. The lowest BCUT2D eigenvalue weighted by Gasteiger charge is -2.02. The summed E-state index contributed by atoms with van der Waals surface area (Å²) in [5, 5.41) is 2.17. The molecule has 2 heterocycles. The van der Waals surface area contributed by atoms with Crippen molar-refractivity contribution in [2.45, 2.75) is 0 Å². The molecule has 0 amide bonds. The van der Waals surface area contributed by atoms with Crippen LogP contribution in [-0.4, -0.2) is 13.3 Å². The number of thiophene rings is 2. The van der Waals surface area contributed by atoms with Crippen LogP contribution in [0.25, 0.3) is 32.3 Å². The molecule has 4 aromatic rings. The summed E-state index contributed by atoms with van der Waals surface area (Å²) in [6.45, 7) is 0. The molecule has 0 spiro atoms. The fourth-order valence-corrected chi connectivity index (χ4v) is 4.84. The maximum Gasteiger partial charge on any atom is 0.796 e. The zero-order chi connectivity index (χ0) is 20.9. The van der Waals surface area contributed by atoms with Gasteiger partial charge in [-0.05, 0) is 59.3 Å². The normalized spacial score (nSPS) is 12.4. The van der Waals surface area contributed by atoms with Crippen LogP contribution in [0.2, 0.25) is 0 Å². The van der Waals surface area contributed by atoms with E-state index < -0.39 is 13.3 Å². The first kappa shape index (κ1) is 20.3. The van der Waals surface area contributed by atoms with E-state index in [1.54, 1.807) is 23.5 Å². The van der Waals surface area contributed by atoms with Crippen LogP contribution in [0, 0.1) is 0 Å². The van der Waals surface area contributed by atoms with Crippen molar-refractivity contribution in [3.8, 4) is 0 Å². The number of fused-ring (bicyclic) bond motifs is 2. The van der Waals surface area contributed by atoms with Gasteiger partial charge in [0.25, 0.3) is 0 Å². The Morgan fingerprint density at radius 2 is 1.37 bits per heavy atom. The van der Waals surface area contributed by atoms with Gasteiger partial charge in [0, 0.05) is 25.2 Å². The number of hydrogen-bond donors (Lipinski definition) is 0. The Bertz CT molecular complexity index is 1220. The third-order valence-electron chi connectivity index (χ3n) is 4.22. The van der Waals surface area contributed by atoms with Crippen LogP contribution < -0.4 is 0 Å². The quantitative estimate of drug-likeness (QED) is 0.132. The Hall–Kier alpha value is -3.03. The van der Waals surface area contributed by atoms with Crippen molar-refractivity contribution in [3.05, 3.63) is 94.4 Å². The van der Waals surface area contributed by atoms with Crippen LogP contribution in [0.4, 0.5) is 8.63 Å². The Balaban J connectivity index is 1.51. The first-order valence-electron chi connectivity index (χ1n) is 9.11. The molecule has 148 valence electrons. The number of benzene rings is 2. The molecule has 2 aromatic heterocycles. The first-order chi connectivity index (χ1) is 14.6. The zero-order valence-electron chi connectivity index (χ0n) is 15.6. The van der Waals surface area contributed by atoms with Crippen LogP contribution in [0.3, 0.4) is 0 Å². The van der Waals surface area contributed by atoms with E-state index in [1.807, 2.05) is 60.7 Å². The first-order valence-corrected chi connectivity index (χ1v) is 10.7. The maximum absolute atomic E-state index is 12.8. The van der Waals surface area contributed by atoms with E-state index in [4.69, 9.17) is 0 Å². The van der Waals surface area contributed by atoms with Crippen molar-refractivity contribution in [1.29, 1.82) is 0 Å². The van der Waals surface area contributed by atoms with Crippen molar-refractivity contribution >= 4 is 68.3 Å². The molecular formula is C23H15BF2O2S2. The molecule has 4 rings (SSSR count). The van der Waals surface area contributed by atoms with E-state index in [-0.39, 0.29) is 5.76 Å². The molecule has 7 heteroatoms. The predicted molar refractivity (Wildman–Crippen MR) is 124 cm³/mol. The van der Waals surface area contributed by atoms with Gasteiger partial charge in [0.1, 0.15) is 5.76 Å². The van der Waals surface area contributed by atoms with Gasteiger partial charge in [0.15, 0.2) is 5.78 Å². The minimum absolute atomic E-state index is 0.187. The van der Waals surface area contributed by atoms with Gasteiger partial charge in [-0.1, -0.05) is 36.4 Å². The van der Waals surface area contributed by atoms with E-state index in [0.717, 1.165) is 36.0 Å². The van der Waals surface area contributed by atoms with Crippen molar-refractivity contribution in [1.82, 2.24) is 0 Å². The summed E-state index contributed by atoms with van der Waals surface area (Å²) in [5.41, 5.74) is 0. The van der Waals surface area contributed by atoms with E-state index >= 15 is 0 Å². The molecule has 2 nitrogen and oxygen atoms in total. The monoisotopic (exact) mass is 436 g/mol. The smallest absolute Gasteiger partial charge is 0.505 e. The highest BCUT2D eigenvalue weighted by atomic mass is 32.1. The second-order valence-electron chi connectivity index (χ2n) is 6.37. The second kappa shape index (κ2) is 9.20. The highest BCUT2D eigenvalue weighted by Gasteiger charge is 2.18.